The third-order valence-electron chi connectivity index (χ3n) is 5.39. The Morgan fingerprint density at radius 2 is 1.42 bits per heavy atom. The Bertz CT molecular complexity index is 1120. The van der Waals surface area contributed by atoms with Crippen LogP contribution in [0.5, 0.6) is 0 Å². The molecule has 3 aromatic carbocycles. The molecule has 1 atom stereocenters. The minimum absolute atomic E-state index is 0.0485. The number of rotatable bonds is 9. The van der Waals surface area contributed by atoms with E-state index in [1.807, 2.05) is 0 Å². The zero-order valence-corrected chi connectivity index (χ0v) is 19.6. The molecule has 0 heterocycles. The SMILES string of the molecule is O=C(NCC(COCc1cc(C(F)(F)F)cc(C(F)(F)F)c1)c1ccccc1)c1ccc(CCl)cc1. The fourth-order valence-corrected chi connectivity index (χ4v) is 3.66. The average molecular weight is 530 g/mol. The van der Waals surface area contributed by atoms with E-state index < -0.39 is 36.0 Å². The van der Waals surface area contributed by atoms with Crippen molar-refractivity contribution in [3.05, 3.63) is 106 Å². The summed E-state index contributed by atoms with van der Waals surface area (Å²) in [6.07, 6.45) is -9.87. The lowest BCUT2D eigenvalue weighted by Gasteiger charge is -2.19. The van der Waals surface area contributed by atoms with Gasteiger partial charge in [0.1, 0.15) is 0 Å². The molecule has 0 aliphatic carbocycles. The maximum Gasteiger partial charge on any atom is 0.416 e. The third kappa shape index (κ3) is 7.73. The zero-order chi connectivity index (χ0) is 26.3. The topological polar surface area (TPSA) is 38.3 Å². The van der Waals surface area contributed by atoms with Gasteiger partial charge in [0.15, 0.2) is 0 Å². The second kappa shape index (κ2) is 11.8. The molecule has 0 aliphatic rings. The summed E-state index contributed by atoms with van der Waals surface area (Å²) in [4.78, 5) is 12.5. The molecule has 0 aromatic heterocycles. The number of nitrogens with one attached hydrogen (secondary N) is 1. The van der Waals surface area contributed by atoms with E-state index in [1.54, 1.807) is 54.6 Å². The second-order valence-corrected chi connectivity index (χ2v) is 8.34. The predicted octanol–water partition coefficient (Wildman–Crippen LogP) is 7.19. The highest BCUT2D eigenvalue weighted by molar-refractivity contribution is 6.17. The van der Waals surface area contributed by atoms with E-state index in [9.17, 15) is 31.1 Å². The number of carbonyl (C=O) groups is 1. The molecule has 0 bridgehead atoms. The summed E-state index contributed by atoms with van der Waals surface area (Å²) >= 11 is 5.76. The highest BCUT2D eigenvalue weighted by Crippen LogP contribution is 2.36. The van der Waals surface area contributed by atoms with E-state index in [4.69, 9.17) is 16.3 Å². The Kier molecular flexibility index (Phi) is 9.03. The maximum atomic E-state index is 13.1. The Morgan fingerprint density at radius 1 is 0.833 bits per heavy atom. The smallest absolute Gasteiger partial charge is 0.376 e. The molecule has 36 heavy (non-hydrogen) atoms. The van der Waals surface area contributed by atoms with Crippen LogP contribution in [0.3, 0.4) is 0 Å². The van der Waals surface area contributed by atoms with Crippen molar-refractivity contribution in [2.75, 3.05) is 13.2 Å². The molecule has 192 valence electrons. The van der Waals surface area contributed by atoms with Gasteiger partial charge in [-0.15, -0.1) is 11.6 Å². The van der Waals surface area contributed by atoms with Crippen LogP contribution in [-0.4, -0.2) is 19.1 Å². The normalized spacial score (nSPS) is 12.9. The fraction of sp³-hybridized carbons (Fsp3) is 0.269. The van der Waals surface area contributed by atoms with E-state index >= 15 is 0 Å². The lowest BCUT2D eigenvalue weighted by molar-refractivity contribution is -0.143. The predicted molar refractivity (Wildman–Crippen MR) is 124 cm³/mol. The first-order valence-corrected chi connectivity index (χ1v) is 11.3. The molecule has 3 aromatic rings. The number of benzene rings is 3. The van der Waals surface area contributed by atoms with E-state index in [0.717, 1.165) is 11.1 Å². The molecule has 3 rings (SSSR count). The van der Waals surface area contributed by atoms with Gasteiger partial charge in [-0.3, -0.25) is 4.79 Å². The molecular formula is C26H22ClF6NO2. The number of ether oxygens (including phenoxy) is 1. The molecule has 0 saturated carbocycles. The minimum Gasteiger partial charge on any atom is -0.376 e. The van der Waals surface area contributed by atoms with E-state index in [0.29, 0.717) is 23.6 Å². The summed E-state index contributed by atoms with van der Waals surface area (Å²) in [5, 5.41) is 2.79. The number of hydrogen-bond donors (Lipinski definition) is 1. The van der Waals surface area contributed by atoms with Gasteiger partial charge >= 0.3 is 12.4 Å². The van der Waals surface area contributed by atoms with Crippen LogP contribution in [0.1, 0.15) is 44.1 Å². The molecule has 0 spiro atoms. The Morgan fingerprint density at radius 3 is 1.94 bits per heavy atom. The van der Waals surface area contributed by atoms with E-state index in [1.165, 1.54) is 0 Å². The quantitative estimate of drug-likeness (QED) is 0.235. The van der Waals surface area contributed by atoms with Crippen LogP contribution in [-0.2, 0) is 29.6 Å². The van der Waals surface area contributed by atoms with Gasteiger partial charge in [0.25, 0.3) is 5.91 Å². The maximum absolute atomic E-state index is 13.1. The van der Waals surface area contributed by atoms with E-state index in [-0.39, 0.29) is 30.7 Å². The van der Waals surface area contributed by atoms with Gasteiger partial charge in [-0.05, 0) is 47.0 Å². The molecule has 3 nitrogen and oxygen atoms in total. The minimum atomic E-state index is -4.94. The monoisotopic (exact) mass is 529 g/mol. The standard InChI is InChI=1S/C26H22ClF6NO2/c27-13-17-6-8-20(9-7-17)24(35)34-14-21(19-4-2-1-3-5-19)16-36-15-18-10-22(25(28,29)30)12-23(11-18)26(31,32)33/h1-12,21H,13-16H2,(H,34,35). The highest BCUT2D eigenvalue weighted by Gasteiger charge is 2.36. The van der Waals surface area contributed by atoms with Gasteiger partial charge < -0.3 is 10.1 Å². The molecule has 0 aliphatic heterocycles. The average Bonchev–Trinajstić information content (AvgIpc) is 2.85. The number of halogens is 7. The van der Waals surface area contributed by atoms with E-state index in [2.05, 4.69) is 5.32 Å². The van der Waals surface area contributed by atoms with Crippen LogP contribution >= 0.6 is 11.6 Å². The van der Waals surface area contributed by atoms with Crippen LogP contribution in [0.2, 0.25) is 0 Å². The molecule has 1 unspecified atom stereocenters. The Balaban J connectivity index is 1.70. The van der Waals surface area contributed by atoms with Crippen molar-refractivity contribution in [2.24, 2.45) is 0 Å². The van der Waals surface area contributed by atoms with Crippen molar-refractivity contribution in [3.63, 3.8) is 0 Å². The van der Waals surface area contributed by atoms with Gasteiger partial charge in [-0.1, -0.05) is 42.5 Å². The van der Waals surface area contributed by atoms with Crippen molar-refractivity contribution >= 4 is 17.5 Å². The summed E-state index contributed by atoms with van der Waals surface area (Å²) in [6, 6.07) is 17.0. The molecule has 10 heteroatoms. The second-order valence-electron chi connectivity index (χ2n) is 8.08. The first-order chi connectivity index (χ1) is 17.0. The van der Waals surface area contributed by atoms with Crippen molar-refractivity contribution in [3.8, 4) is 0 Å². The van der Waals surface area contributed by atoms with Crippen LogP contribution in [0, 0.1) is 0 Å². The molecule has 0 saturated heterocycles. The number of carbonyl (C=O) groups excluding carboxylic acids is 1. The molecular weight excluding hydrogens is 508 g/mol. The molecule has 1 amide bonds. The summed E-state index contributed by atoms with van der Waals surface area (Å²) < 4.78 is 84.2. The summed E-state index contributed by atoms with van der Waals surface area (Å²) in [6.45, 7) is -0.381. The van der Waals surface area contributed by atoms with Gasteiger partial charge in [0, 0.05) is 23.9 Å². The van der Waals surface area contributed by atoms with Gasteiger partial charge in [-0.2, -0.15) is 26.3 Å². The van der Waals surface area contributed by atoms with Crippen molar-refractivity contribution in [2.45, 2.75) is 30.8 Å². The van der Waals surface area contributed by atoms with Crippen LogP contribution in [0.15, 0.2) is 72.8 Å². The first kappa shape index (κ1) is 27.5. The lowest BCUT2D eigenvalue weighted by Crippen LogP contribution is -2.30. The van der Waals surface area contributed by atoms with Crippen LogP contribution < -0.4 is 5.32 Å². The zero-order valence-electron chi connectivity index (χ0n) is 18.8. The molecule has 0 fully saturated rings. The van der Waals surface area contributed by atoms with Crippen LogP contribution in [0.25, 0.3) is 0 Å². The first-order valence-electron chi connectivity index (χ1n) is 10.8. The Labute approximate surface area is 209 Å². The summed E-state index contributed by atoms with van der Waals surface area (Å²) in [5.74, 6) is -0.430. The number of hydrogen-bond acceptors (Lipinski definition) is 2. The fourth-order valence-electron chi connectivity index (χ4n) is 3.48. The molecule has 1 N–H and O–H groups in total. The third-order valence-corrected chi connectivity index (χ3v) is 5.69. The number of amides is 1. The number of alkyl halides is 7. The van der Waals surface area contributed by atoms with Gasteiger partial charge in [0.2, 0.25) is 0 Å². The van der Waals surface area contributed by atoms with Gasteiger partial charge in [0.05, 0.1) is 24.3 Å². The van der Waals surface area contributed by atoms with Crippen molar-refractivity contribution in [1.82, 2.24) is 5.32 Å². The lowest BCUT2D eigenvalue weighted by atomic mass is 9.99. The van der Waals surface area contributed by atoms with Crippen molar-refractivity contribution in [1.29, 1.82) is 0 Å². The summed E-state index contributed by atoms with van der Waals surface area (Å²) in [5.41, 5.74) is -0.999. The highest BCUT2D eigenvalue weighted by atomic mass is 35.5. The summed E-state index contributed by atoms with van der Waals surface area (Å²) in [7, 11) is 0. The Hall–Kier alpha value is -3.04. The van der Waals surface area contributed by atoms with Crippen molar-refractivity contribution < 1.29 is 35.9 Å². The van der Waals surface area contributed by atoms with Crippen LogP contribution in [0.4, 0.5) is 26.3 Å². The van der Waals surface area contributed by atoms with Gasteiger partial charge in [-0.25, -0.2) is 0 Å². The molecule has 0 radical (unpaired) electrons. The largest absolute Gasteiger partial charge is 0.416 e.